The number of hydrogen-bond acceptors (Lipinski definition) is 3. The molecule has 0 aromatic heterocycles. The van der Waals surface area contributed by atoms with E-state index < -0.39 is 0 Å². The molecule has 2 nitrogen and oxygen atoms in total. The molecule has 0 aliphatic heterocycles. The quantitative estimate of drug-likeness (QED) is 0.599. The van der Waals surface area contributed by atoms with Crippen LogP contribution in [0.5, 0.6) is 0 Å². The number of ether oxygens (including phenoxy) is 1. The first-order valence-corrected chi connectivity index (χ1v) is 10.9. The Morgan fingerprint density at radius 1 is 1.04 bits per heavy atom. The van der Waals surface area contributed by atoms with Gasteiger partial charge in [0.2, 0.25) is 0 Å². The van der Waals surface area contributed by atoms with Gasteiger partial charge in [0.15, 0.2) is 0 Å². The van der Waals surface area contributed by atoms with Crippen LogP contribution in [-0.2, 0) is 26.8 Å². The molecule has 1 aliphatic rings. The minimum atomic E-state index is -0.106. The van der Waals surface area contributed by atoms with Crippen LogP contribution in [0.3, 0.4) is 0 Å². The van der Waals surface area contributed by atoms with Gasteiger partial charge in [0.25, 0.3) is 0 Å². The molecule has 0 unspecified atom stereocenters. The Balaban J connectivity index is 2.20. The van der Waals surface area contributed by atoms with E-state index in [-0.39, 0.29) is 16.8 Å². The molecule has 0 N–H and O–H groups in total. The van der Waals surface area contributed by atoms with E-state index in [2.05, 4.69) is 59.7 Å². The van der Waals surface area contributed by atoms with Gasteiger partial charge in [0, 0.05) is 5.25 Å². The molecule has 0 saturated heterocycles. The molecule has 0 heterocycles. The Morgan fingerprint density at radius 3 is 2.12 bits per heavy atom. The van der Waals surface area contributed by atoms with Crippen LogP contribution < -0.4 is 0 Å². The number of methoxy groups -OCH3 is 1. The van der Waals surface area contributed by atoms with E-state index >= 15 is 0 Å². The van der Waals surface area contributed by atoms with Crippen LogP contribution in [0, 0.1) is 5.92 Å². The number of rotatable bonds is 5. The first-order chi connectivity index (χ1) is 12.0. The van der Waals surface area contributed by atoms with E-state index in [9.17, 15) is 4.79 Å². The lowest BCUT2D eigenvalue weighted by molar-refractivity contribution is -0.137. The average molecular weight is 377 g/mol. The Labute approximate surface area is 164 Å². The van der Waals surface area contributed by atoms with Gasteiger partial charge in [0.05, 0.1) is 12.9 Å². The highest BCUT2D eigenvalue weighted by Gasteiger charge is 2.29. The molecule has 2 atom stereocenters. The molecule has 1 aliphatic carbocycles. The summed E-state index contributed by atoms with van der Waals surface area (Å²) < 4.78 is 4.81. The number of esters is 1. The maximum atomic E-state index is 11.5. The summed E-state index contributed by atoms with van der Waals surface area (Å²) in [6.45, 7) is 13.8. The molecule has 1 aromatic rings. The largest absolute Gasteiger partial charge is 0.468 e. The summed E-state index contributed by atoms with van der Waals surface area (Å²) >= 11 is 1.79. The van der Waals surface area contributed by atoms with E-state index in [0.29, 0.717) is 16.9 Å². The van der Waals surface area contributed by atoms with Gasteiger partial charge >= 0.3 is 5.97 Å². The van der Waals surface area contributed by atoms with Crippen molar-refractivity contribution in [1.29, 1.82) is 0 Å². The van der Waals surface area contributed by atoms with E-state index in [4.69, 9.17) is 4.74 Å². The highest BCUT2D eigenvalue weighted by Crippen LogP contribution is 2.38. The molecule has 146 valence electrons. The normalized spacial score (nSPS) is 21.0. The highest BCUT2D eigenvalue weighted by atomic mass is 32.2. The number of thioether (sulfide) groups is 1. The van der Waals surface area contributed by atoms with Crippen LogP contribution in [0.4, 0.5) is 0 Å². The van der Waals surface area contributed by atoms with Gasteiger partial charge in [-0.2, -0.15) is 0 Å². The molecule has 26 heavy (non-hydrogen) atoms. The fourth-order valence-electron chi connectivity index (χ4n) is 3.67. The van der Waals surface area contributed by atoms with E-state index in [1.807, 2.05) is 0 Å². The second-order valence-electron chi connectivity index (χ2n) is 9.74. The molecular formula is C23H36O2S. The van der Waals surface area contributed by atoms with Crippen molar-refractivity contribution in [3.8, 4) is 0 Å². The molecule has 2 rings (SSSR count). The Hall–Kier alpha value is -0.960. The summed E-state index contributed by atoms with van der Waals surface area (Å²) in [5.74, 6) is 1.03. The summed E-state index contributed by atoms with van der Waals surface area (Å²) in [6, 6.07) is 7.22. The zero-order valence-corrected chi connectivity index (χ0v) is 18.5. The highest BCUT2D eigenvalue weighted by molar-refractivity contribution is 8.00. The summed E-state index contributed by atoms with van der Waals surface area (Å²) in [6.07, 6.45) is 4.88. The Morgan fingerprint density at radius 2 is 1.62 bits per heavy atom. The van der Waals surface area contributed by atoms with Gasteiger partial charge in [-0.05, 0) is 52.7 Å². The Kier molecular flexibility index (Phi) is 6.87. The zero-order chi connectivity index (χ0) is 19.5. The average Bonchev–Trinajstić information content (AvgIpc) is 2.97. The standard InChI is InChI=1S/C23H36O2S/c1-22(2,3)18-12-16(13-19(14-18)23(4,5)6)11-17-9-8-10-20(17)26-15-21(24)25-7/h12-14,17,20H,8-11,15H2,1-7H3/t17-,20+/m0/s1. The van der Waals surface area contributed by atoms with Crippen molar-refractivity contribution in [3.05, 3.63) is 34.9 Å². The SMILES string of the molecule is COC(=O)CS[C@@H]1CCC[C@H]1Cc1cc(C(C)(C)C)cc(C(C)(C)C)c1. The molecular weight excluding hydrogens is 340 g/mol. The third kappa shape index (κ3) is 5.77. The van der Waals surface area contributed by atoms with Crippen molar-refractivity contribution < 1.29 is 9.53 Å². The van der Waals surface area contributed by atoms with E-state index in [0.717, 1.165) is 6.42 Å². The molecule has 3 heteroatoms. The minimum Gasteiger partial charge on any atom is -0.468 e. The van der Waals surface area contributed by atoms with Crippen LogP contribution in [0.1, 0.15) is 77.5 Å². The maximum absolute atomic E-state index is 11.5. The van der Waals surface area contributed by atoms with E-state index in [1.165, 1.54) is 43.1 Å². The lowest BCUT2D eigenvalue weighted by Crippen LogP contribution is -2.19. The number of carbonyl (C=O) groups is 1. The number of benzene rings is 1. The molecule has 0 bridgehead atoms. The zero-order valence-electron chi connectivity index (χ0n) is 17.6. The summed E-state index contributed by atoms with van der Waals surface area (Å²) in [4.78, 5) is 11.5. The van der Waals surface area contributed by atoms with Gasteiger partial charge in [0.1, 0.15) is 0 Å². The van der Waals surface area contributed by atoms with Crippen molar-refractivity contribution >= 4 is 17.7 Å². The van der Waals surface area contributed by atoms with Gasteiger partial charge in [-0.3, -0.25) is 4.79 Å². The van der Waals surface area contributed by atoms with Crippen LogP contribution >= 0.6 is 11.8 Å². The lowest BCUT2D eigenvalue weighted by atomic mass is 9.78. The predicted molar refractivity (Wildman–Crippen MR) is 113 cm³/mol. The van der Waals surface area contributed by atoms with Crippen LogP contribution in [0.25, 0.3) is 0 Å². The van der Waals surface area contributed by atoms with Crippen molar-refractivity contribution in [1.82, 2.24) is 0 Å². The van der Waals surface area contributed by atoms with Crippen LogP contribution in [0.15, 0.2) is 18.2 Å². The third-order valence-electron chi connectivity index (χ3n) is 5.46. The van der Waals surface area contributed by atoms with Gasteiger partial charge in [-0.1, -0.05) is 66.2 Å². The predicted octanol–water partition coefficient (Wildman–Crippen LogP) is 5.90. The molecule has 0 spiro atoms. The first kappa shape index (κ1) is 21.3. The van der Waals surface area contributed by atoms with Crippen molar-refractivity contribution in [2.75, 3.05) is 12.9 Å². The molecule has 1 aromatic carbocycles. The third-order valence-corrected chi connectivity index (χ3v) is 6.91. The van der Waals surface area contributed by atoms with Gasteiger partial charge in [-0.25, -0.2) is 0 Å². The number of carbonyl (C=O) groups excluding carboxylic acids is 1. The van der Waals surface area contributed by atoms with Crippen LogP contribution in [0.2, 0.25) is 0 Å². The summed E-state index contributed by atoms with van der Waals surface area (Å²) in [7, 11) is 1.47. The molecule has 1 saturated carbocycles. The number of hydrogen-bond donors (Lipinski definition) is 0. The van der Waals surface area contributed by atoms with E-state index in [1.54, 1.807) is 11.8 Å². The minimum absolute atomic E-state index is 0.106. The van der Waals surface area contributed by atoms with Crippen molar-refractivity contribution in [3.63, 3.8) is 0 Å². The molecule has 0 amide bonds. The first-order valence-electron chi connectivity index (χ1n) is 9.84. The van der Waals surface area contributed by atoms with Crippen molar-refractivity contribution in [2.45, 2.75) is 83.3 Å². The summed E-state index contributed by atoms with van der Waals surface area (Å²) in [5.41, 5.74) is 4.63. The van der Waals surface area contributed by atoms with Gasteiger partial charge in [-0.15, -0.1) is 11.8 Å². The summed E-state index contributed by atoms with van der Waals surface area (Å²) in [5, 5.41) is 0.575. The fraction of sp³-hybridized carbons (Fsp3) is 0.696. The van der Waals surface area contributed by atoms with Crippen LogP contribution in [-0.4, -0.2) is 24.1 Å². The van der Waals surface area contributed by atoms with Crippen molar-refractivity contribution in [2.24, 2.45) is 5.92 Å². The lowest BCUT2D eigenvalue weighted by Gasteiger charge is -2.27. The molecule has 1 fully saturated rings. The molecule has 0 radical (unpaired) electrons. The maximum Gasteiger partial charge on any atom is 0.315 e. The fourth-order valence-corrected chi connectivity index (χ4v) is 4.97. The second kappa shape index (κ2) is 8.37. The Bertz CT molecular complexity index is 590. The topological polar surface area (TPSA) is 26.3 Å². The monoisotopic (exact) mass is 376 g/mol. The van der Waals surface area contributed by atoms with Gasteiger partial charge < -0.3 is 4.74 Å². The second-order valence-corrected chi connectivity index (χ2v) is 11.0. The smallest absolute Gasteiger partial charge is 0.315 e.